The van der Waals surface area contributed by atoms with E-state index in [4.69, 9.17) is 5.73 Å². The Kier molecular flexibility index (Phi) is 6.08. The maximum atomic E-state index is 12.3. The topological polar surface area (TPSA) is 81.4 Å². The molecule has 0 aromatic heterocycles. The maximum absolute atomic E-state index is 12.3. The van der Waals surface area contributed by atoms with Gasteiger partial charge in [0, 0.05) is 12.6 Å². The SMILES string of the molecule is Cl.NC(CNS(=O)(=O)c1ccccc1OC(F)(F)F)C1CC1. The smallest absolute Gasteiger partial charge is 0.404 e. The Morgan fingerprint density at radius 2 is 1.91 bits per heavy atom. The van der Waals surface area contributed by atoms with Gasteiger partial charge in [0.05, 0.1) is 0 Å². The first-order chi connectivity index (χ1) is 9.69. The highest BCUT2D eigenvalue weighted by molar-refractivity contribution is 7.89. The highest BCUT2D eigenvalue weighted by atomic mass is 35.5. The molecule has 0 aliphatic heterocycles. The lowest BCUT2D eigenvalue weighted by Crippen LogP contribution is -2.38. The van der Waals surface area contributed by atoms with Crippen LogP contribution in [0.4, 0.5) is 13.2 Å². The summed E-state index contributed by atoms with van der Waals surface area (Å²) in [5, 5.41) is 0. The van der Waals surface area contributed by atoms with Gasteiger partial charge in [0.25, 0.3) is 0 Å². The standard InChI is InChI=1S/C12H15F3N2O3S.ClH/c13-12(14,15)20-10-3-1-2-4-11(10)21(18,19)17-7-9(16)8-5-6-8;/h1-4,8-9,17H,5-7,16H2;1H. The van der Waals surface area contributed by atoms with Gasteiger partial charge in [-0.25, -0.2) is 13.1 Å². The highest BCUT2D eigenvalue weighted by Crippen LogP contribution is 2.32. The predicted molar refractivity (Wildman–Crippen MR) is 76.3 cm³/mol. The van der Waals surface area contributed by atoms with Crippen LogP contribution in [-0.2, 0) is 10.0 Å². The number of nitrogens with two attached hydrogens (primary N) is 1. The summed E-state index contributed by atoms with van der Waals surface area (Å²) in [6.07, 6.45) is -3.08. The fraction of sp³-hybridized carbons (Fsp3) is 0.500. The van der Waals surface area contributed by atoms with Crippen molar-refractivity contribution in [3.05, 3.63) is 24.3 Å². The molecular weight excluding hydrogens is 345 g/mol. The second-order valence-corrected chi connectivity index (χ2v) is 6.58. The lowest BCUT2D eigenvalue weighted by atomic mass is 10.2. The highest BCUT2D eigenvalue weighted by Gasteiger charge is 2.34. The Balaban J connectivity index is 0.00000242. The number of hydrogen-bond donors (Lipinski definition) is 2. The molecule has 0 radical (unpaired) electrons. The average Bonchev–Trinajstić information content (AvgIpc) is 3.19. The molecule has 1 aromatic carbocycles. The molecule has 1 unspecified atom stereocenters. The Bertz CT molecular complexity index is 606. The van der Waals surface area contributed by atoms with Gasteiger partial charge in [-0.1, -0.05) is 12.1 Å². The van der Waals surface area contributed by atoms with E-state index in [0.717, 1.165) is 25.0 Å². The number of hydrogen-bond acceptors (Lipinski definition) is 4. The second-order valence-electron chi connectivity index (χ2n) is 4.85. The lowest BCUT2D eigenvalue weighted by molar-refractivity contribution is -0.275. The van der Waals surface area contributed by atoms with Crippen molar-refractivity contribution >= 4 is 22.4 Å². The molecule has 1 atom stereocenters. The van der Waals surface area contributed by atoms with Crippen molar-refractivity contribution in [3.63, 3.8) is 0 Å². The molecule has 0 heterocycles. The maximum Gasteiger partial charge on any atom is 0.573 e. The summed E-state index contributed by atoms with van der Waals surface area (Å²) in [4.78, 5) is -0.565. The Morgan fingerprint density at radius 3 is 2.45 bits per heavy atom. The van der Waals surface area contributed by atoms with Gasteiger partial charge >= 0.3 is 6.36 Å². The molecule has 126 valence electrons. The van der Waals surface area contributed by atoms with Crippen LogP contribution in [0.3, 0.4) is 0 Å². The van der Waals surface area contributed by atoms with Gasteiger partial charge in [0.2, 0.25) is 10.0 Å². The van der Waals surface area contributed by atoms with Crippen LogP contribution in [0.2, 0.25) is 0 Å². The lowest BCUT2D eigenvalue weighted by Gasteiger charge is -2.15. The summed E-state index contributed by atoms with van der Waals surface area (Å²) in [6, 6.07) is 4.24. The molecule has 1 aliphatic carbocycles. The van der Waals surface area contributed by atoms with Crippen LogP contribution in [0.1, 0.15) is 12.8 Å². The predicted octanol–water partition coefficient (Wildman–Crippen LogP) is 2.02. The molecule has 1 saturated carbocycles. The number of rotatable bonds is 6. The molecule has 5 nitrogen and oxygen atoms in total. The van der Waals surface area contributed by atoms with Crippen molar-refractivity contribution in [1.82, 2.24) is 4.72 Å². The minimum absolute atomic E-state index is 0. The van der Waals surface area contributed by atoms with E-state index >= 15 is 0 Å². The number of alkyl halides is 3. The summed E-state index contributed by atoms with van der Waals surface area (Å²) < 4.78 is 66.9. The second kappa shape index (κ2) is 7.03. The monoisotopic (exact) mass is 360 g/mol. The molecule has 10 heteroatoms. The molecule has 0 bridgehead atoms. The molecule has 1 aliphatic rings. The van der Waals surface area contributed by atoms with Crippen LogP contribution in [0.5, 0.6) is 5.75 Å². The fourth-order valence-electron chi connectivity index (χ4n) is 1.86. The zero-order valence-electron chi connectivity index (χ0n) is 11.3. The molecule has 1 fully saturated rings. The Labute approximate surface area is 132 Å². The molecular formula is C12H16ClF3N2O3S. The number of benzene rings is 1. The van der Waals surface area contributed by atoms with Crippen LogP contribution in [0.25, 0.3) is 0 Å². The Morgan fingerprint density at radius 1 is 1.32 bits per heavy atom. The van der Waals surface area contributed by atoms with E-state index in [2.05, 4.69) is 9.46 Å². The molecule has 22 heavy (non-hydrogen) atoms. The molecule has 1 aromatic rings. The van der Waals surface area contributed by atoms with E-state index in [0.29, 0.717) is 0 Å². The summed E-state index contributed by atoms with van der Waals surface area (Å²) in [6.45, 7) is -0.0205. The van der Waals surface area contributed by atoms with E-state index < -0.39 is 27.0 Å². The van der Waals surface area contributed by atoms with E-state index in [1.165, 1.54) is 12.1 Å². The van der Waals surface area contributed by atoms with Crippen LogP contribution >= 0.6 is 12.4 Å². The quantitative estimate of drug-likeness (QED) is 0.813. The normalized spacial score (nSPS) is 16.7. The summed E-state index contributed by atoms with van der Waals surface area (Å²) >= 11 is 0. The molecule has 0 spiro atoms. The van der Waals surface area contributed by atoms with Gasteiger partial charge in [0.1, 0.15) is 10.6 Å². The summed E-state index contributed by atoms with van der Waals surface area (Å²) in [5.41, 5.74) is 5.77. The number of nitrogens with one attached hydrogen (secondary N) is 1. The van der Waals surface area contributed by atoms with Crippen molar-refractivity contribution in [1.29, 1.82) is 0 Å². The van der Waals surface area contributed by atoms with Gasteiger partial charge in [-0.3, -0.25) is 0 Å². The average molecular weight is 361 g/mol. The van der Waals surface area contributed by atoms with E-state index in [1.54, 1.807) is 0 Å². The van der Waals surface area contributed by atoms with Crippen molar-refractivity contribution in [2.24, 2.45) is 11.7 Å². The van der Waals surface area contributed by atoms with E-state index in [9.17, 15) is 21.6 Å². The number of halogens is 4. The van der Waals surface area contributed by atoms with Crippen LogP contribution in [-0.4, -0.2) is 27.4 Å². The van der Waals surface area contributed by atoms with Crippen LogP contribution < -0.4 is 15.2 Å². The number of para-hydroxylation sites is 1. The first-order valence-corrected chi connectivity index (χ1v) is 7.77. The zero-order valence-corrected chi connectivity index (χ0v) is 13.0. The summed E-state index contributed by atoms with van der Waals surface area (Å²) in [7, 11) is -4.12. The molecule has 2 rings (SSSR count). The van der Waals surface area contributed by atoms with E-state index in [-0.39, 0.29) is 30.9 Å². The fourth-order valence-corrected chi connectivity index (χ4v) is 3.06. The van der Waals surface area contributed by atoms with Gasteiger partial charge in [-0.15, -0.1) is 25.6 Å². The van der Waals surface area contributed by atoms with Gasteiger partial charge in [-0.2, -0.15) is 0 Å². The number of sulfonamides is 1. The Hall–Kier alpha value is -1.03. The minimum Gasteiger partial charge on any atom is -0.404 e. The number of ether oxygens (including phenoxy) is 1. The third kappa shape index (κ3) is 5.31. The van der Waals surface area contributed by atoms with Gasteiger partial charge in [-0.05, 0) is 30.9 Å². The van der Waals surface area contributed by atoms with E-state index in [1.807, 2.05) is 0 Å². The molecule has 0 saturated heterocycles. The molecule has 3 N–H and O–H groups in total. The van der Waals surface area contributed by atoms with Crippen molar-refractivity contribution in [2.75, 3.05) is 6.54 Å². The minimum atomic E-state index is -4.96. The van der Waals surface area contributed by atoms with Crippen molar-refractivity contribution in [2.45, 2.75) is 30.1 Å². The van der Waals surface area contributed by atoms with Crippen LogP contribution in [0.15, 0.2) is 29.2 Å². The van der Waals surface area contributed by atoms with Crippen LogP contribution in [0, 0.1) is 5.92 Å². The first kappa shape index (κ1) is 19.0. The van der Waals surface area contributed by atoms with Gasteiger partial charge in [0.15, 0.2) is 0 Å². The largest absolute Gasteiger partial charge is 0.573 e. The van der Waals surface area contributed by atoms with Crippen molar-refractivity contribution < 1.29 is 26.3 Å². The summed E-state index contributed by atoms with van der Waals surface area (Å²) in [5.74, 6) is -0.494. The van der Waals surface area contributed by atoms with Gasteiger partial charge < -0.3 is 10.5 Å². The third-order valence-electron chi connectivity index (χ3n) is 3.10. The molecule has 0 amide bonds. The first-order valence-electron chi connectivity index (χ1n) is 6.29. The van der Waals surface area contributed by atoms with Crippen molar-refractivity contribution in [3.8, 4) is 5.75 Å². The zero-order chi connectivity index (χ0) is 15.7. The third-order valence-corrected chi connectivity index (χ3v) is 4.56.